The summed E-state index contributed by atoms with van der Waals surface area (Å²) < 4.78 is 5.08. The highest BCUT2D eigenvalue weighted by atomic mass is 35.5. The normalized spacial score (nSPS) is 10.2. The van der Waals surface area contributed by atoms with Crippen LogP contribution in [0.5, 0.6) is 5.75 Å². The second-order valence-electron chi connectivity index (χ2n) is 3.87. The van der Waals surface area contributed by atoms with E-state index in [-0.39, 0.29) is 5.78 Å². The lowest BCUT2D eigenvalue weighted by Gasteiger charge is -2.06. The lowest BCUT2D eigenvalue weighted by Crippen LogP contribution is -1.93. The first kappa shape index (κ1) is 13.0. The van der Waals surface area contributed by atoms with E-state index in [9.17, 15) is 4.79 Å². The monoisotopic (exact) mass is 240 g/mol. The van der Waals surface area contributed by atoms with Crippen LogP contribution in [0.3, 0.4) is 0 Å². The van der Waals surface area contributed by atoms with Crippen LogP contribution in [0.15, 0.2) is 18.2 Å². The summed E-state index contributed by atoms with van der Waals surface area (Å²) in [5, 5.41) is 0.738. The molecule has 1 aromatic rings. The maximum Gasteiger partial charge on any atom is 0.129 e. The molecular formula is C13H17ClO2. The van der Waals surface area contributed by atoms with Gasteiger partial charge in [-0.25, -0.2) is 0 Å². The van der Waals surface area contributed by atoms with E-state index in [0.29, 0.717) is 6.42 Å². The van der Waals surface area contributed by atoms with Gasteiger partial charge in [-0.1, -0.05) is 17.7 Å². The Morgan fingerprint density at radius 1 is 1.38 bits per heavy atom. The Morgan fingerprint density at radius 2 is 2.12 bits per heavy atom. The van der Waals surface area contributed by atoms with Crippen molar-refractivity contribution in [3.05, 3.63) is 28.8 Å². The first-order valence-corrected chi connectivity index (χ1v) is 5.83. The van der Waals surface area contributed by atoms with Crippen LogP contribution in [0.4, 0.5) is 0 Å². The molecule has 0 bridgehead atoms. The molecule has 1 aromatic carbocycles. The second kappa shape index (κ2) is 6.54. The molecule has 0 spiro atoms. The molecule has 0 radical (unpaired) electrons. The fourth-order valence-electron chi connectivity index (χ4n) is 1.55. The molecular weight excluding hydrogens is 224 g/mol. The minimum absolute atomic E-state index is 0.251. The molecule has 0 saturated heterocycles. The maximum atomic E-state index is 10.8. The number of Topliss-reactive ketones (excluding diaryl/α,β-unsaturated/α-hetero) is 1. The zero-order chi connectivity index (χ0) is 12.0. The van der Waals surface area contributed by atoms with Gasteiger partial charge < -0.3 is 9.53 Å². The quantitative estimate of drug-likeness (QED) is 0.710. The molecule has 3 heteroatoms. The number of methoxy groups -OCH3 is 1. The number of ether oxygens (including phenoxy) is 1. The fourth-order valence-corrected chi connectivity index (χ4v) is 1.81. The second-order valence-corrected chi connectivity index (χ2v) is 4.27. The standard InChI is InChI=1S/C13H17ClO2/c1-10(15)5-3-4-6-11-7-8-12(16-2)9-13(11)14/h7-9H,3-6H2,1-2H3. The molecule has 0 heterocycles. The number of aryl methyl sites for hydroxylation is 1. The molecule has 0 aliphatic rings. The van der Waals surface area contributed by atoms with Crippen LogP contribution in [0, 0.1) is 0 Å². The van der Waals surface area contributed by atoms with Gasteiger partial charge in [0.25, 0.3) is 0 Å². The molecule has 0 N–H and O–H groups in total. The van der Waals surface area contributed by atoms with E-state index in [1.54, 1.807) is 14.0 Å². The van der Waals surface area contributed by atoms with Gasteiger partial charge in [-0.15, -0.1) is 0 Å². The summed E-state index contributed by atoms with van der Waals surface area (Å²) in [5.74, 6) is 1.03. The number of halogens is 1. The molecule has 0 fully saturated rings. The summed E-state index contributed by atoms with van der Waals surface area (Å²) in [7, 11) is 1.62. The lowest BCUT2D eigenvalue weighted by atomic mass is 10.1. The van der Waals surface area contributed by atoms with Crippen molar-refractivity contribution in [3.8, 4) is 5.75 Å². The molecule has 0 atom stereocenters. The summed E-state index contributed by atoms with van der Waals surface area (Å²) >= 11 is 6.10. The van der Waals surface area contributed by atoms with Crippen LogP contribution in [0.2, 0.25) is 5.02 Å². The van der Waals surface area contributed by atoms with Crippen molar-refractivity contribution in [1.82, 2.24) is 0 Å². The molecule has 0 aliphatic carbocycles. The Balaban J connectivity index is 2.45. The van der Waals surface area contributed by atoms with Crippen molar-refractivity contribution < 1.29 is 9.53 Å². The molecule has 88 valence electrons. The van der Waals surface area contributed by atoms with Gasteiger partial charge in [0.05, 0.1) is 7.11 Å². The topological polar surface area (TPSA) is 26.3 Å². The molecule has 1 rings (SSSR count). The molecule has 0 amide bonds. The van der Waals surface area contributed by atoms with Crippen molar-refractivity contribution in [2.75, 3.05) is 7.11 Å². The average molecular weight is 241 g/mol. The zero-order valence-corrected chi connectivity index (χ0v) is 10.5. The van der Waals surface area contributed by atoms with Crippen molar-refractivity contribution >= 4 is 17.4 Å². The molecule has 0 unspecified atom stereocenters. The Labute approximate surface area is 102 Å². The predicted molar refractivity (Wildman–Crippen MR) is 66.2 cm³/mol. The van der Waals surface area contributed by atoms with Gasteiger partial charge in [-0.05, 0) is 43.9 Å². The Kier molecular flexibility index (Phi) is 5.33. The van der Waals surface area contributed by atoms with E-state index in [0.717, 1.165) is 35.6 Å². The molecule has 0 aromatic heterocycles. The number of ketones is 1. The highest BCUT2D eigenvalue weighted by Gasteiger charge is 2.02. The molecule has 16 heavy (non-hydrogen) atoms. The van der Waals surface area contributed by atoms with Gasteiger partial charge in [0.1, 0.15) is 11.5 Å². The SMILES string of the molecule is COc1ccc(CCCCC(C)=O)c(Cl)c1. The van der Waals surface area contributed by atoms with Crippen molar-refractivity contribution in [2.45, 2.75) is 32.6 Å². The molecule has 0 saturated carbocycles. The summed E-state index contributed by atoms with van der Waals surface area (Å²) in [4.78, 5) is 10.8. The van der Waals surface area contributed by atoms with Gasteiger partial charge in [0.2, 0.25) is 0 Å². The van der Waals surface area contributed by atoms with Gasteiger partial charge in [-0.3, -0.25) is 0 Å². The highest BCUT2D eigenvalue weighted by Crippen LogP contribution is 2.23. The number of carbonyl (C=O) groups is 1. The van der Waals surface area contributed by atoms with Crippen molar-refractivity contribution in [1.29, 1.82) is 0 Å². The van der Waals surface area contributed by atoms with E-state index < -0.39 is 0 Å². The number of unbranched alkanes of at least 4 members (excludes halogenated alkanes) is 1. The minimum Gasteiger partial charge on any atom is -0.497 e. The third-order valence-electron chi connectivity index (χ3n) is 2.49. The van der Waals surface area contributed by atoms with E-state index >= 15 is 0 Å². The Morgan fingerprint density at radius 3 is 2.69 bits per heavy atom. The third kappa shape index (κ3) is 4.23. The number of carbonyl (C=O) groups excluding carboxylic acids is 1. The van der Waals surface area contributed by atoms with Crippen molar-refractivity contribution in [2.24, 2.45) is 0 Å². The van der Waals surface area contributed by atoms with E-state index in [4.69, 9.17) is 16.3 Å². The van der Waals surface area contributed by atoms with Crippen LogP contribution < -0.4 is 4.74 Å². The predicted octanol–water partition coefficient (Wildman–Crippen LogP) is 3.65. The maximum absolute atomic E-state index is 10.8. The number of benzene rings is 1. The van der Waals surface area contributed by atoms with Gasteiger partial charge in [0.15, 0.2) is 0 Å². The summed E-state index contributed by atoms with van der Waals surface area (Å²) in [5.41, 5.74) is 1.12. The summed E-state index contributed by atoms with van der Waals surface area (Å²) in [6.07, 6.45) is 3.49. The number of hydrogen-bond acceptors (Lipinski definition) is 2. The summed E-state index contributed by atoms with van der Waals surface area (Å²) in [6, 6.07) is 5.71. The Bertz CT molecular complexity index is 361. The minimum atomic E-state index is 0.251. The smallest absolute Gasteiger partial charge is 0.129 e. The van der Waals surface area contributed by atoms with Crippen LogP contribution >= 0.6 is 11.6 Å². The van der Waals surface area contributed by atoms with Gasteiger partial charge in [-0.2, -0.15) is 0 Å². The zero-order valence-electron chi connectivity index (χ0n) is 9.75. The largest absolute Gasteiger partial charge is 0.497 e. The lowest BCUT2D eigenvalue weighted by molar-refractivity contribution is -0.117. The van der Waals surface area contributed by atoms with Crippen molar-refractivity contribution in [3.63, 3.8) is 0 Å². The number of rotatable bonds is 6. The van der Waals surface area contributed by atoms with E-state index in [2.05, 4.69) is 0 Å². The van der Waals surface area contributed by atoms with Crippen LogP contribution in [0.25, 0.3) is 0 Å². The van der Waals surface area contributed by atoms with Crippen LogP contribution in [0.1, 0.15) is 31.7 Å². The molecule has 0 aliphatic heterocycles. The van der Waals surface area contributed by atoms with E-state index in [1.165, 1.54) is 0 Å². The van der Waals surface area contributed by atoms with E-state index in [1.807, 2.05) is 18.2 Å². The fraction of sp³-hybridized carbons (Fsp3) is 0.462. The molecule has 2 nitrogen and oxygen atoms in total. The van der Waals surface area contributed by atoms with Crippen LogP contribution in [-0.4, -0.2) is 12.9 Å². The highest BCUT2D eigenvalue weighted by molar-refractivity contribution is 6.31. The summed E-state index contributed by atoms with van der Waals surface area (Å²) in [6.45, 7) is 1.63. The van der Waals surface area contributed by atoms with Crippen LogP contribution in [-0.2, 0) is 11.2 Å². The average Bonchev–Trinajstić information content (AvgIpc) is 2.25. The Hall–Kier alpha value is -1.02. The van der Waals surface area contributed by atoms with Gasteiger partial charge in [0, 0.05) is 11.4 Å². The first-order chi connectivity index (χ1) is 7.63. The third-order valence-corrected chi connectivity index (χ3v) is 2.84. The number of hydrogen-bond donors (Lipinski definition) is 0. The van der Waals surface area contributed by atoms with Gasteiger partial charge >= 0.3 is 0 Å². The first-order valence-electron chi connectivity index (χ1n) is 5.45.